The summed E-state index contributed by atoms with van der Waals surface area (Å²) >= 11 is 3.69. The number of hydrogen-bond acceptors (Lipinski definition) is 2. The van der Waals surface area contributed by atoms with E-state index in [4.69, 9.17) is 4.74 Å². The molecule has 1 heterocycles. The summed E-state index contributed by atoms with van der Waals surface area (Å²) in [5.74, 6) is -0.0626. The molecule has 84 valence electrons. The quantitative estimate of drug-likeness (QED) is 0.540. The number of esters is 1. The van der Waals surface area contributed by atoms with Gasteiger partial charge in [0.05, 0.1) is 4.83 Å². The van der Waals surface area contributed by atoms with Crippen LogP contribution in [0, 0.1) is 0 Å². The van der Waals surface area contributed by atoms with Crippen LogP contribution in [0.1, 0.15) is 30.4 Å². The molecule has 1 aromatic carbocycles. The second kappa shape index (κ2) is 3.59. The lowest BCUT2D eigenvalue weighted by atomic mass is 9.88. The number of rotatable bonds is 0. The molecule has 1 saturated heterocycles. The summed E-state index contributed by atoms with van der Waals surface area (Å²) in [6.45, 7) is 0. The van der Waals surface area contributed by atoms with Crippen LogP contribution in [-0.4, -0.2) is 10.8 Å². The Kier molecular flexibility index (Phi) is 2.32. The first-order chi connectivity index (χ1) is 7.72. The zero-order valence-electron chi connectivity index (χ0n) is 8.91. The molecule has 0 amide bonds. The summed E-state index contributed by atoms with van der Waals surface area (Å²) in [6, 6.07) is 8.28. The third-order valence-electron chi connectivity index (χ3n) is 3.60. The summed E-state index contributed by atoms with van der Waals surface area (Å²) in [4.78, 5) is 11.8. The average molecular weight is 281 g/mol. The molecule has 1 spiro atoms. The molecule has 2 nitrogen and oxygen atoms in total. The van der Waals surface area contributed by atoms with E-state index in [1.165, 1.54) is 11.1 Å². The van der Waals surface area contributed by atoms with E-state index in [1.807, 2.05) is 12.1 Å². The molecule has 16 heavy (non-hydrogen) atoms. The fourth-order valence-corrected chi connectivity index (χ4v) is 3.77. The molecule has 1 fully saturated rings. The Balaban J connectivity index is 2.09. The van der Waals surface area contributed by atoms with Gasteiger partial charge in [-0.05, 0) is 30.4 Å². The number of carbonyl (C=O) groups excluding carboxylic acids is 1. The van der Waals surface area contributed by atoms with Crippen molar-refractivity contribution >= 4 is 21.9 Å². The third kappa shape index (κ3) is 1.34. The summed E-state index contributed by atoms with van der Waals surface area (Å²) in [7, 11) is 0. The average Bonchev–Trinajstić information content (AvgIpc) is 2.53. The Morgan fingerprint density at radius 1 is 1.38 bits per heavy atom. The first-order valence-corrected chi connectivity index (χ1v) is 6.58. The molecule has 1 aliphatic heterocycles. The van der Waals surface area contributed by atoms with Crippen molar-refractivity contribution in [2.75, 3.05) is 0 Å². The Hall–Kier alpha value is -0.830. The van der Waals surface area contributed by atoms with Crippen molar-refractivity contribution in [3.63, 3.8) is 0 Å². The fourth-order valence-electron chi connectivity index (χ4n) is 2.85. The van der Waals surface area contributed by atoms with Crippen LogP contribution in [0.25, 0.3) is 0 Å². The minimum atomic E-state index is -0.397. The molecule has 1 unspecified atom stereocenters. The number of alkyl halides is 1. The van der Waals surface area contributed by atoms with E-state index < -0.39 is 5.60 Å². The molecule has 1 aromatic rings. The van der Waals surface area contributed by atoms with Crippen LogP contribution in [-0.2, 0) is 21.6 Å². The zero-order chi connectivity index (χ0) is 11.2. The third-order valence-corrected chi connectivity index (χ3v) is 4.67. The van der Waals surface area contributed by atoms with Gasteiger partial charge >= 0.3 is 5.97 Å². The highest BCUT2D eigenvalue weighted by molar-refractivity contribution is 9.09. The van der Waals surface area contributed by atoms with Crippen LogP contribution in [0.4, 0.5) is 0 Å². The van der Waals surface area contributed by atoms with Gasteiger partial charge in [-0.15, -0.1) is 0 Å². The topological polar surface area (TPSA) is 26.3 Å². The van der Waals surface area contributed by atoms with E-state index in [9.17, 15) is 4.79 Å². The number of ether oxygens (including phenoxy) is 1. The van der Waals surface area contributed by atoms with Crippen molar-refractivity contribution in [3.8, 4) is 0 Å². The van der Waals surface area contributed by atoms with Crippen LogP contribution in [0.5, 0.6) is 0 Å². The van der Waals surface area contributed by atoms with Crippen LogP contribution in [0.3, 0.4) is 0 Å². The molecule has 3 rings (SSSR count). The largest absolute Gasteiger partial charge is 0.453 e. The molecular weight excluding hydrogens is 268 g/mol. The monoisotopic (exact) mass is 280 g/mol. The van der Waals surface area contributed by atoms with Crippen LogP contribution < -0.4 is 0 Å². The van der Waals surface area contributed by atoms with Gasteiger partial charge in [0.1, 0.15) is 0 Å². The first-order valence-electron chi connectivity index (χ1n) is 5.67. The Morgan fingerprint density at radius 3 is 3.00 bits per heavy atom. The molecule has 0 saturated carbocycles. The van der Waals surface area contributed by atoms with Crippen molar-refractivity contribution in [2.24, 2.45) is 0 Å². The predicted molar refractivity (Wildman–Crippen MR) is 64.5 cm³/mol. The van der Waals surface area contributed by atoms with Gasteiger partial charge in [-0.3, -0.25) is 4.79 Å². The van der Waals surface area contributed by atoms with E-state index in [1.54, 1.807) is 0 Å². The van der Waals surface area contributed by atoms with Crippen molar-refractivity contribution in [1.29, 1.82) is 0 Å². The van der Waals surface area contributed by atoms with E-state index in [0.717, 1.165) is 19.3 Å². The second-order valence-corrected chi connectivity index (χ2v) is 5.65. The minimum absolute atomic E-state index is 0.0626. The van der Waals surface area contributed by atoms with E-state index in [-0.39, 0.29) is 10.8 Å². The predicted octanol–water partition coefficient (Wildman–Crippen LogP) is 2.93. The molecule has 0 radical (unpaired) electrons. The van der Waals surface area contributed by atoms with Crippen LogP contribution in [0.2, 0.25) is 0 Å². The maximum absolute atomic E-state index is 11.5. The van der Waals surface area contributed by atoms with Gasteiger partial charge in [-0.2, -0.15) is 0 Å². The van der Waals surface area contributed by atoms with E-state index in [2.05, 4.69) is 28.1 Å². The summed E-state index contributed by atoms with van der Waals surface area (Å²) in [5.41, 5.74) is 2.11. The van der Waals surface area contributed by atoms with Gasteiger partial charge in [0.25, 0.3) is 0 Å². The SMILES string of the molecule is O=C1CCCC2(O1)c1ccccc1C[C@@H]2Br. The summed E-state index contributed by atoms with van der Waals surface area (Å²) < 4.78 is 5.69. The Bertz CT molecular complexity index is 443. The molecule has 0 N–H and O–H groups in total. The maximum atomic E-state index is 11.5. The highest BCUT2D eigenvalue weighted by Crippen LogP contribution is 2.49. The van der Waals surface area contributed by atoms with Crippen molar-refractivity contribution in [3.05, 3.63) is 35.4 Å². The molecule has 2 aliphatic rings. The standard InChI is InChI=1S/C13H13BrO2/c14-11-8-9-4-1-2-5-10(9)13(11)7-3-6-12(15)16-13/h1-2,4-5,11H,3,6-8H2/t11-,13?/m0/s1. The van der Waals surface area contributed by atoms with Gasteiger partial charge in [0, 0.05) is 6.42 Å². The highest BCUT2D eigenvalue weighted by atomic mass is 79.9. The zero-order valence-corrected chi connectivity index (χ0v) is 10.5. The fraction of sp³-hybridized carbons (Fsp3) is 0.462. The molecule has 0 bridgehead atoms. The summed E-state index contributed by atoms with van der Waals surface area (Å²) in [6.07, 6.45) is 3.37. The summed E-state index contributed by atoms with van der Waals surface area (Å²) in [5, 5.41) is 0. The van der Waals surface area contributed by atoms with Crippen LogP contribution >= 0.6 is 15.9 Å². The van der Waals surface area contributed by atoms with Crippen molar-refractivity contribution < 1.29 is 9.53 Å². The molecule has 0 aromatic heterocycles. The molecule has 1 aliphatic carbocycles. The number of carbonyl (C=O) groups is 1. The van der Waals surface area contributed by atoms with E-state index >= 15 is 0 Å². The van der Waals surface area contributed by atoms with Gasteiger partial charge in [-0.1, -0.05) is 40.2 Å². The Morgan fingerprint density at radius 2 is 2.19 bits per heavy atom. The van der Waals surface area contributed by atoms with E-state index in [0.29, 0.717) is 6.42 Å². The maximum Gasteiger partial charge on any atom is 0.306 e. The van der Waals surface area contributed by atoms with Gasteiger partial charge in [-0.25, -0.2) is 0 Å². The van der Waals surface area contributed by atoms with Crippen LogP contribution in [0.15, 0.2) is 24.3 Å². The van der Waals surface area contributed by atoms with Crippen molar-refractivity contribution in [2.45, 2.75) is 36.1 Å². The highest BCUT2D eigenvalue weighted by Gasteiger charge is 2.50. The molecular formula is C13H13BrO2. The first kappa shape index (κ1) is 10.3. The lowest BCUT2D eigenvalue weighted by molar-refractivity contribution is -0.167. The number of halogens is 1. The smallest absolute Gasteiger partial charge is 0.306 e. The van der Waals surface area contributed by atoms with Gasteiger partial charge in [0.2, 0.25) is 0 Å². The van der Waals surface area contributed by atoms with Gasteiger partial charge in [0.15, 0.2) is 5.60 Å². The molecule has 3 heteroatoms. The number of fused-ring (bicyclic) bond motifs is 2. The lowest BCUT2D eigenvalue weighted by Crippen LogP contribution is -2.40. The molecule has 2 atom stereocenters. The lowest BCUT2D eigenvalue weighted by Gasteiger charge is -2.36. The minimum Gasteiger partial charge on any atom is -0.453 e. The Labute approximate surface area is 103 Å². The second-order valence-electron chi connectivity index (χ2n) is 4.55. The number of benzene rings is 1. The normalized spacial score (nSPS) is 32.6. The van der Waals surface area contributed by atoms with Crippen molar-refractivity contribution in [1.82, 2.24) is 0 Å². The van der Waals surface area contributed by atoms with Gasteiger partial charge < -0.3 is 4.74 Å². The number of hydrogen-bond donors (Lipinski definition) is 0.